The second-order valence-electron chi connectivity index (χ2n) is 8.00. The average molecular weight is 469 g/mol. The number of methoxy groups -OCH3 is 1. The summed E-state index contributed by atoms with van der Waals surface area (Å²) in [6.45, 7) is 3.08. The molecule has 1 aliphatic carbocycles. The third kappa shape index (κ3) is 3.83. The Morgan fingerprint density at radius 3 is 2.97 bits per heavy atom. The van der Waals surface area contributed by atoms with E-state index in [0.29, 0.717) is 30.6 Å². The van der Waals surface area contributed by atoms with Gasteiger partial charge in [0.15, 0.2) is 9.92 Å². The minimum Gasteiger partial charge on any atom is -0.481 e. The monoisotopic (exact) mass is 468 g/mol. The fourth-order valence-corrected chi connectivity index (χ4v) is 5.26. The number of urea groups is 1. The fraction of sp³-hybridized carbons (Fsp3) is 0.318. The van der Waals surface area contributed by atoms with Crippen LogP contribution in [0.15, 0.2) is 39.9 Å². The van der Waals surface area contributed by atoms with Gasteiger partial charge in [0.1, 0.15) is 4.90 Å². The summed E-state index contributed by atoms with van der Waals surface area (Å²) in [6, 6.07) is 4.99. The summed E-state index contributed by atoms with van der Waals surface area (Å²) >= 11 is 0. The molecular weight excluding hydrogens is 444 g/mol. The van der Waals surface area contributed by atoms with E-state index in [0.717, 1.165) is 41.5 Å². The van der Waals surface area contributed by atoms with Crippen LogP contribution in [-0.4, -0.2) is 38.7 Å². The molecule has 0 bridgehead atoms. The Bertz CT molecular complexity index is 1390. The molecule has 1 aliphatic heterocycles. The van der Waals surface area contributed by atoms with Crippen molar-refractivity contribution >= 4 is 21.6 Å². The maximum Gasteiger partial charge on any atom is 0.354 e. The SMILES string of the molecule is COc1cc(-c2c(C)cc3c(c2NC(=O)N=[S@@](N)(=O)c2cnn4c2OCCC4)CC3)ccn1. The first kappa shape index (κ1) is 21.4. The van der Waals surface area contributed by atoms with Crippen LogP contribution in [0.4, 0.5) is 10.5 Å². The molecule has 1 aromatic carbocycles. The van der Waals surface area contributed by atoms with Gasteiger partial charge in [0.05, 0.1) is 25.6 Å². The van der Waals surface area contributed by atoms with Gasteiger partial charge in [-0.25, -0.2) is 23.8 Å². The molecule has 172 valence electrons. The smallest absolute Gasteiger partial charge is 0.354 e. The molecule has 0 radical (unpaired) electrons. The topological polar surface area (TPSA) is 134 Å². The van der Waals surface area contributed by atoms with Gasteiger partial charge in [-0.05, 0) is 48.1 Å². The minimum absolute atomic E-state index is 0.119. The number of aryl methyl sites for hydroxylation is 3. The second kappa shape index (κ2) is 8.16. The molecule has 0 fully saturated rings. The number of ether oxygens (including phenoxy) is 2. The highest BCUT2D eigenvalue weighted by Crippen LogP contribution is 2.41. The summed E-state index contributed by atoms with van der Waals surface area (Å²) in [5.74, 6) is 0.766. The molecule has 5 rings (SSSR count). The van der Waals surface area contributed by atoms with Crippen LogP contribution in [0.3, 0.4) is 0 Å². The number of amides is 2. The van der Waals surface area contributed by atoms with Crippen molar-refractivity contribution in [3.8, 4) is 22.9 Å². The standard InChI is InChI=1S/C22H24N6O4S/c1-13-10-14-4-5-16(14)20(19(13)15-6-7-24-18(11-15)31-2)26-22(29)27-33(23,30)17-12-25-28-8-3-9-32-21(17)28/h6-7,10-12H,3-5,8-9H2,1-2H3,(H3,23,26,27,29,30)/t33-/m1/s1. The number of hydrogen-bond acceptors (Lipinski definition) is 6. The Morgan fingerprint density at radius 1 is 1.36 bits per heavy atom. The zero-order chi connectivity index (χ0) is 23.2. The van der Waals surface area contributed by atoms with E-state index in [1.165, 1.54) is 11.8 Å². The minimum atomic E-state index is -3.56. The lowest BCUT2D eigenvalue weighted by atomic mass is 9.81. The normalized spacial score (nSPS) is 15.8. The number of fused-ring (bicyclic) bond motifs is 2. The summed E-state index contributed by atoms with van der Waals surface area (Å²) < 4.78 is 29.4. The number of hydrogen-bond donors (Lipinski definition) is 2. The molecule has 3 N–H and O–H groups in total. The Morgan fingerprint density at radius 2 is 2.21 bits per heavy atom. The molecule has 33 heavy (non-hydrogen) atoms. The van der Waals surface area contributed by atoms with Gasteiger partial charge in [-0.3, -0.25) is 0 Å². The van der Waals surface area contributed by atoms with Gasteiger partial charge in [0, 0.05) is 30.8 Å². The molecule has 3 heterocycles. The van der Waals surface area contributed by atoms with Crippen molar-refractivity contribution in [1.29, 1.82) is 0 Å². The van der Waals surface area contributed by atoms with E-state index in [2.05, 4.69) is 25.8 Å². The van der Waals surface area contributed by atoms with Crippen LogP contribution < -0.4 is 19.9 Å². The predicted octanol–water partition coefficient (Wildman–Crippen LogP) is 3.08. The number of rotatable bonds is 4. The van der Waals surface area contributed by atoms with Crippen molar-refractivity contribution in [3.63, 3.8) is 0 Å². The van der Waals surface area contributed by atoms with Gasteiger partial charge in [0.2, 0.25) is 11.8 Å². The quantitative estimate of drug-likeness (QED) is 0.604. The Balaban J connectivity index is 1.54. The number of anilines is 1. The number of pyridine rings is 1. The van der Waals surface area contributed by atoms with Crippen LogP contribution in [0, 0.1) is 6.92 Å². The maximum atomic E-state index is 13.2. The van der Waals surface area contributed by atoms with E-state index < -0.39 is 15.9 Å². The number of nitrogens with zero attached hydrogens (tertiary/aromatic N) is 4. The highest BCUT2D eigenvalue weighted by atomic mass is 32.2. The molecule has 0 unspecified atom stereocenters. The van der Waals surface area contributed by atoms with E-state index in [4.69, 9.17) is 14.6 Å². The first-order valence-corrected chi connectivity index (χ1v) is 12.2. The average Bonchev–Trinajstić information content (AvgIpc) is 3.21. The van der Waals surface area contributed by atoms with Crippen molar-refractivity contribution in [2.45, 2.75) is 37.6 Å². The first-order valence-electron chi connectivity index (χ1n) is 10.6. The molecule has 3 aromatic rings. The fourth-order valence-electron chi connectivity index (χ4n) is 4.26. The molecule has 0 saturated heterocycles. The lowest BCUT2D eigenvalue weighted by Gasteiger charge is -2.27. The highest BCUT2D eigenvalue weighted by Gasteiger charge is 2.27. The number of nitrogens with one attached hydrogen (secondary N) is 1. The van der Waals surface area contributed by atoms with Gasteiger partial charge in [-0.2, -0.15) is 5.10 Å². The highest BCUT2D eigenvalue weighted by molar-refractivity contribution is 7.91. The van der Waals surface area contributed by atoms with Crippen LogP contribution in [0.2, 0.25) is 0 Å². The van der Waals surface area contributed by atoms with Crippen LogP contribution in [-0.2, 0) is 29.3 Å². The number of aromatic nitrogens is 3. The Kier molecular flexibility index (Phi) is 5.29. The maximum absolute atomic E-state index is 13.2. The van der Waals surface area contributed by atoms with Gasteiger partial charge in [-0.15, -0.1) is 4.36 Å². The summed E-state index contributed by atoms with van der Waals surface area (Å²) in [6.07, 6.45) is 5.55. The summed E-state index contributed by atoms with van der Waals surface area (Å²) in [5.41, 5.74) is 5.51. The number of benzene rings is 1. The van der Waals surface area contributed by atoms with E-state index in [-0.39, 0.29) is 4.90 Å². The molecule has 2 amide bonds. The van der Waals surface area contributed by atoms with Crippen LogP contribution in [0.25, 0.3) is 11.1 Å². The van der Waals surface area contributed by atoms with E-state index >= 15 is 0 Å². The van der Waals surface area contributed by atoms with Gasteiger partial charge < -0.3 is 14.8 Å². The van der Waals surface area contributed by atoms with Gasteiger partial charge in [0.25, 0.3) is 0 Å². The van der Waals surface area contributed by atoms with Crippen molar-refractivity contribution in [2.24, 2.45) is 9.50 Å². The second-order valence-corrected chi connectivity index (χ2v) is 9.76. The van der Waals surface area contributed by atoms with Crippen LogP contribution in [0.1, 0.15) is 23.1 Å². The molecular formula is C22H24N6O4S. The molecule has 0 spiro atoms. The van der Waals surface area contributed by atoms with Gasteiger partial charge in [-0.1, -0.05) is 6.07 Å². The van der Waals surface area contributed by atoms with Crippen molar-refractivity contribution in [1.82, 2.24) is 14.8 Å². The van der Waals surface area contributed by atoms with Crippen LogP contribution >= 0.6 is 0 Å². The van der Waals surface area contributed by atoms with E-state index in [1.54, 1.807) is 18.0 Å². The molecule has 2 aromatic heterocycles. The molecule has 10 nitrogen and oxygen atoms in total. The summed E-state index contributed by atoms with van der Waals surface area (Å²) in [7, 11) is -2.01. The first-order chi connectivity index (χ1) is 15.9. The van der Waals surface area contributed by atoms with Crippen molar-refractivity contribution in [2.75, 3.05) is 19.0 Å². The molecule has 1 atom stereocenters. The predicted molar refractivity (Wildman–Crippen MR) is 123 cm³/mol. The third-order valence-corrected chi connectivity index (χ3v) is 7.23. The lowest BCUT2D eigenvalue weighted by Crippen LogP contribution is -2.22. The number of nitrogens with two attached hydrogens (primary N) is 1. The largest absolute Gasteiger partial charge is 0.481 e. The number of carbonyl (C=O) groups is 1. The van der Waals surface area contributed by atoms with Crippen molar-refractivity contribution < 1.29 is 18.5 Å². The van der Waals surface area contributed by atoms with Crippen LogP contribution in [0.5, 0.6) is 11.8 Å². The van der Waals surface area contributed by atoms with E-state index in [1.807, 2.05) is 19.1 Å². The lowest BCUT2D eigenvalue weighted by molar-refractivity contribution is 0.224. The molecule has 0 saturated carbocycles. The van der Waals surface area contributed by atoms with Crippen molar-refractivity contribution in [3.05, 3.63) is 47.3 Å². The molecule has 11 heteroatoms. The summed E-state index contributed by atoms with van der Waals surface area (Å²) in [5, 5.41) is 13.0. The zero-order valence-electron chi connectivity index (χ0n) is 18.3. The van der Waals surface area contributed by atoms with Gasteiger partial charge >= 0.3 is 6.03 Å². The Labute approximate surface area is 191 Å². The van der Waals surface area contributed by atoms with E-state index in [9.17, 15) is 9.00 Å². The molecule has 2 aliphatic rings. The zero-order valence-corrected chi connectivity index (χ0v) is 19.1. The summed E-state index contributed by atoms with van der Waals surface area (Å²) in [4.78, 5) is 17.2. The third-order valence-electron chi connectivity index (χ3n) is 5.88. The Hall–Kier alpha value is -3.44. The number of carbonyl (C=O) groups excluding carboxylic acids is 1.